The molecule has 0 amide bonds. The lowest BCUT2D eigenvalue weighted by Gasteiger charge is -2.20. The highest BCUT2D eigenvalue weighted by molar-refractivity contribution is 7.92. The third-order valence-electron chi connectivity index (χ3n) is 2.69. The van der Waals surface area contributed by atoms with Gasteiger partial charge >= 0.3 is 0 Å². The number of carbonyl (C=O) groups is 1. The fraction of sp³-hybridized carbons (Fsp3) is 0.154. The molecule has 2 aromatic rings. The number of rotatable bonds is 4. The van der Waals surface area contributed by atoms with E-state index in [0.29, 0.717) is 5.69 Å². The van der Waals surface area contributed by atoms with Crippen molar-refractivity contribution in [3.63, 3.8) is 0 Å². The maximum atomic E-state index is 11.7. The van der Waals surface area contributed by atoms with E-state index >= 15 is 0 Å². The van der Waals surface area contributed by atoms with Gasteiger partial charge in [0.25, 0.3) is 0 Å². The van der Waals surface area contributed by atoms with Gasteiger partial charge in [0.2, 0.25) is 15.3 Å². The van der Waals surface area contributed by atoms with Crippen LogP contribution >= 0.6 is 11.6 Å². The number of nitrogens with zero attached hydrogens (tertiary/aromatic N) is 1. The summed E-state index contributed by atoms with van der Waals surface area (Å²) in [5, 5.41) is 1.17. The molecule has 2 aromatic carbocycles. The molecule has 6 heteroatoms. The minimum absolute atomic E-state index is 0.376. The number of hydrogen-bond donors (Lipinski definition) is 0. The van der Waals surface area contributed by atoms with Gasteiger partial charge in [-0.2, -0.15) is 0 Å². The largest absolute Gasteiger partial charge is 0.279 e. The highest BCUT2D eigenvalue weighted by atomic mass is 35.5. The van der Waals surface area contributed by atoms with Gasteiger partial charge in [-0.1, -0.05) is 30.3 Å². The van der Waals surface area contributed by atoms with Crippen molar-refractivity contribution in [3.8, 4) is 0 Å². The lowest BCUT2D eigenvalue weighted by Crippen LogP contribution is -2.33. The average molecular weight is 298 g/mol. The van der Waals surface area contributed by atoms with E-state index in [1.54, 1.807) is 12.1 Å². The molecule has 100 valence electrons. The van der Waals surface area contributed by atoms with Gasteiger partial charge in [0.15, 0.2) is 0 Å². The molecule has 0 heterocycles. The summed E-state index contributed by atoms with van der Waals surface area (Å²) in [6, 6.07) is 12.8. The van der Waals surface area contributed by atoms with Crippen LogP contribution in [0.1, 0.15) is 0 Å². The van der Waals surface area contributed by atoms with E-state index in [0.717, 1.165) is 21.3 Å². The summed E-state index contributed by atoms with van der Waals surface area (Å²) in [6.45, 7) is -0.376. The number of hydrogen-bond acceptors (Lipinski definition) is 3. The zero-order valence-corrected chi connectivity index (χ0v) is 11.8. The summed E-state index contributed by atoms with van der Waals surface area (Å²) in [7, 11) is -3.55. The smallest absolute Gasteiger partial charge is 0.242 e. The molecule has 0 aromatic heterocycles. The van der Waals surface area contributed by atoms with Crippen molar-refractivity contribution in [3.05, 3.63) is 42.5 Å². The molecule has 0 aliphatic carbocycles. The van der Waals surface area contributed by atoms with Crippen molar-refractivity contribution in [1.29, 1.82) is 0 Å². The van der Waals surface area contributed by atoms with Crippen LogP contribution in [0.25, 0.3) is 10.8 Å². The Kier molecular flexibility index (Phi) is 3.78. The van der Waals surface area contributed by atoms with Gasteiger partial charge in [0.05, 0.1) is 11.9 Å². The van der Waals surface area contributed by atoms with Gasteiger partial charge in [-0.25, -0.2) is 8.42 Å². The summed E-state index contributed by atoms with van der Waals surface area (Å²) in [6.07, 6.45) is 1.04. The molecule has 4 nitrogen and oxygen atoms in total. The number of carbonyl (C=O) groups excluding carboxylic acids is 1. The predicted octanol–water partition coefficient (Wildman–Crippen LogP) is 2.37. The Bertz CT molecular complexity index is 728. The van der Waals surface area contributed by atoms with E-state index in [9.17, 15) is 13.2 Å². The normalized spacial score (nSPS) is 11.5. The molecule has 0 radical (unpaired) electrons. The van der Waals surface area contributed by atoms with Crippen LogP contribution in [-0.2, 0) is 14.8 Å². The fourth-order valence-corrected chi connectivity index (χ4v) is 2.88. The van der Waals surface area contributed by atoms with Crippen LogP contribution in [0.5, 0.6) is 0 Å². The Hall–Kier alpha value is -1.59. The molecule has 0 unspecified atom stereocenters. The third-order valence-corrected chi connectivity index (χ3v) is 3.95. The fourth-order valence-electron chi connectivity index (χ4n) is 1.84. The monoisotopic (exact) mass is 297 g/mol. The summed E-state index contributed by atoms with van der Waals surface area (Å²) < 4.78 is 24.4. The maximum absolute atomic E-state index is 11.7. The average Bonchev–Trinajstić information content (AvgIpc) is 2.34. The van der Waals surface area contributed by atoms with Crippen LogP contribution < -0.4 is 4.31 Å². The standard InChI is InChI=1S/C13H12ClNO3S/c1-19(17,18)15(9-13(14)16)12-7-6-10-4-2-3-5-11(10)8-12/h2-8H,9H2,1H3. The maximum Gasteiger partial charge on any atom is 0.242 e. The van der Waals surface area contributed by atoms with Crippen molar-refractivity contribution in [2.24, 2.45) is 0 Å². The van der Waals surface area contributed by atoms with Crippen LogP contribution in [-0.4, -0.2) is 26.5 Å². The molecule has 0 fully saturated rings. The van der Waals surface area contributed by atoms with Gasteiger partial charge in [0, 0.05) is 0 Å². The van der Waals surface area contributed by atoms with E-state index in [-0.39, 0.29) is 6.54 Å². The molecule has 0 saturated carbocycles. The summed E-state index contributed by atoms with van der Waals surface area (Å²) >= 11 is 5.30. The Morgan fingerprint density at radius 2 is 1.79 bits per heavy atom. The van der Waals surface area contributed by atoms with Gasteiger partial charge in [-0.3, -0.25) is 9.10 Å². The summed E-state index contributed by atoms with van der Waals surface area (Å²) in [5.74, 6) is 0. The molecule has 0 spiro atoms. The SMILES string of the molecule is CS(=O)(=O)N(CC(=O)Cl)c1ccc2ccccc2c1. The second-order valence-electron chi connectivity index (χ2n) is 4.16. The molecule has 0 atom stereocenters. The van der Waals surface area contributed by atoms with Gasteiger partial charge in [-0.05, 0) is 34.5 Å². The molecule has 0 N–H and O–H groups in total. The summed E-state index contributed by atoms with van der Waals surface area (Å²) in [5.41, 5.74) is 0.426. The highest BCUT2D eigenvalue weighted by Crippen LogP contribution is 2.23. The van der Waals surface area contributed by atoms with Crippen molar-refractivity contribution in [1.82, 2.24) is 0 Å². The zero-order valence-electron chi connectivity index (χ0n) is 10.2. The molecule has 2 rings (SSSR count). The zero-order chi connectivity index (χ0) is 14.0. The van der Waals surface area contributed by atoms with Gasteiger partial charge in [-0.15, -0.1) is 0 Å². The first-order chi connectivity index (χ1) is 8.88. The Morgan fingerprint density at radius 3 is 2.37 bits per heavy atom. The van der Waals surface area contributed by atoms with E-state index < -0.39 is 15.3 Å². The van der Waals surface area contributed by atoms with Crippen LogP contribution in [0, 0.1) is 0 Å². The molecule has 0 aliphatic rings. The number of sulfonamides is 1. The molecule has 0 bridgehead atoms. The van der Waals surface area contributed by atoms with Crippen molar-refractivity contribution in [2.75, 3.05) is 17.1 Å². The van der Waals surface area contributed by atoms with Crippen molar-refractivity contribution in [2.45, 2.75) is 0 Å². The van der Waals surface area contributed by atoms with E-state index in [2.05, 4.69) is 0 Å². The molecular weight excluding hydrogens is 286 g/mol. The topological polar surface area (TPSA) is 54.5 Å². The first-order valence-electron chi connectivity index (χ1n) is 5.53. The van der Waals surface area contributed by atoms with Gasteiger partial charge < -0.3 is 0 Å². The van der Waals surface area contributed by atoms with E-state index in [4.69, 9.17) is 11.6 Å². The lowest BCUT2D eigenvalue weighted by molar-refractivity contribution is -0.110. The second kappa shape index (κ2) is 5.19. The molecule has 0 aliphatic heterocycles. The van der Waals surface area contributed by atoms with Crippen molar-refractivity contribution < 1.29 is 13.2 Å². The third kappa shape index (κ3) is 3.24. The molecule has 0 saturated heterocycles. The minimum Gasteiger partial charge on any atom is -0.279 e. The van der Waals surface area contributed by atoms with E-state index in [1.807, 2.05) is 30.3 Å². The first-order valence-corrected chi connectivity index (χ1v) is 7.75. The number of fused-ring (bicyclic) bond motifs is 1. The predicted molar refractivity (Wildman–Crippen MR) is 77.0 cm³/mol. The minimum atomic E-state index is -3.55. The molecule has 19 heavy (non-hydrogen) atoms. The molecular formula is C13H12ClNO3S. The Balaban J connectivity index is 2.53. The van der Waals surface area contributed by atoms with E-state index in [1.165, 1.54) is 0 Å². The van der Waals surface area contributed by atoms with Crippen molar-refractivity contribution >= 4 is 43.3 Å². The van der Waals surface area contributed by atoms with Crippen LogP contribution in [0.2, 0.25) is 0 Å². The number of anilines is 1. The van der Waals surface area contributed by atoms with Gasteiger partial charge in [0.1, 0.15) is 6.54 Å². The number of halogens is 1. The van der Waals surface area contributed by atoms with Crippen LogP contribution in [0.15, 0.2) is 42.5 Å². The Morgan fingerprint density at radius 1 is 1.16 bits per heavy atom. The Labute approximate surface area is 116 Å². The first kappa shape index (κ1) is 13.8. The highest BCUT2D eigenvalue weighted by Gasteiger charge is 2.19. The summed E-state index contributed by atoms with van der Waals surface area (Å²) in [4.78, 5) is 11.0. The van der Waals surface area contributed by atoms with Crippen LogP contribution in [0.3, 0.4) is 0 Å². The lowest BCUT2D eigenvalue weighted by atomic mass is 10.1. The number of benzene rings is 2. The quantitative estimate of drug-likeness (QED) is 0.814. The second-order valence-corrected chi connectivity index (χ2v) is 6.48. The van der Waals surface area contributed by atoms with Crippen LogP contribution in [0.4, 0.5) is 5.69 Å².